The Morgan fingerprint density at radius 3 is 2.58 bits per heavy atom. The van der Waals surface area contributed by atoms with Crippen LogP contribution in [0.25, 0.3) is 0 Å². The zero-order valence-corrected chi connectivity index (χ0v) is 15.0. The molecule has 2 aliphatic rings. The van der Waals surface area contributed by atoms with Gasteiger partial charge in [0.05, 0.1) is 11.7 Å². The summed E-state index contributed by atoms with van der Waals surface area (Å²) in [6.45, 7) is 5.76. The maximum Gasteiger partial charge on any atom is 0.410 e. The van der Waals surface area contributed by atoms with Gasteiger partial charge in [-0.2, -0.15) is 0 Å². The Kier molecular flexibility index (Phi) is 4.55. The second kappa shape index (κ2) is 6.54. The molecular formula is C17H22N4O5. The molecule has 2 fully saturated rings. The molecule has 2 aliphatic heterocycles. The number of carbonyl (C=O) groups excluding carboxylic acids is 2. The van der Waals surface area contributed by atoms with Gasteiger partial charge in [0.15, 0.2) is 6.20 Å². The van der Waals surface area contributed by atoms with Crippen molar-refractivity contribution in [2.75, 3.05) is 11.4 Å². The van der Waals surface area contributed by atoms with Crippen LogP contribution in [0.5, 0.6) is 0 Å². The molecule has 0 N–H and O–H groups in total. The molecule has 0 saturated carbocycles. The molecule has 0 aromatic carbocycles. The molecule has 2 atom stereocenters. The van der Waals surface area contributed by atoms with Crippen molar-refractivity contribution in [1.82, 2.24) is 9.88 Å². The maximum absolute atomic E-state index is 12.7. The molecule has 2 bridgehead atoms. The van der Waals surface area contributed by atoms with Gasteiger partial charge in [0, 0.05) is 25.1 Å². The lowest BCUT2D eigenvalue weighted by molar-refractivity contribution is -0.389. The Morgan fingerprint density at radius 2 is 2.00 bits per heavy atom. The molecular weight excluding hydrogens is 340 g/mol. The lowest BCUT2D eigenvalue weighted by Gasteiger charge is -2.31. The van der Waals surface area contributed by atoms with Crippen molar-refractivity contribution in [3.8, 4) is 0 Å². The molecule has 3 heterocycles. The summed E-state index contributed by atoms with van der Waals surface area (Å²) in [4.78, 5) is 42.4. The molecule has 140 valence electrons. The van der Waals surface area contributed by atoms with E-state index in [9.17, 15) is 19.7 Å². The molecule has 2 amide bonds. The summed E-state index contributed by atoms with van der Waals surface area (Å²) in [5, 5.41) is 10.7. The van der Waals surface area contributed by atoms with E-state index in [1.807, 2.05) is 20.8 Å². The Balaban J connectivity index is 1.81. The van der Waals surface area contributed by atoms with Gasteiger partial charge in [0.1, 0.15) is 5.60 Å². The van der Waals surface area contributed by atoms with E-state index >= 15 is 0 Å². The van der Waals surface area contributed by atoms with E-state index in [4.69, 9.17) is 4.74 Å². The van der Waals surface area contributed by atoms with Crippen molar-refractivity contribution in [3.05, 3.63) is 28.4 Å². The quantitative estimate of drug-likeness (QED) is 0.591. The topological polar surface area (TPSA) is 106 Å². The molecule has 1 aromatic rings. The van der Waals surface area contributed by atoms with Crippen molar-refractivity contribution < 1.29 is 19.2 Å². The van der Waals surface area contributed by atoms with Gasteiger partial charge < -0.3 is 19.8 Å². The fourth-order valence-electron chi connectivity index (χ4n) is 3.47. The number of hydrogen-bond acceptors (Lipinski definition) is 6. The molecule has 1 aromatic heterocycles. The second-order valence-corrected chi connectivity index (χ2v) is 7.61. The number of nitrogens with zero attached hydrogens (tertiary/aromatic N) is 4. The van der Waals surface area contributed by atoms with E-state index in [1.54, 1.807) is 9.80 Å². The largest absolute Gasteiger partial charge is 0.444 e. The van der Waals surface area contributed by atoms with Gasteiger partial charge >= 0.3 is 11.9 Å². The van der Waals surface area contributed by atoms with Crippen LogP contribution in [0, 0.1) is 10.1 Å². The van der Waals surface area contributed by atoms with E-state index < -0.39 is 16.6 Å². The normalized spacial score (nSPS) is 23.0. The zero-order valence-electron chi connectivity index (χ0n) is 15.0. The van der Waals surface area contributed by atoms with Crippen molar-refractivity contribution in [2.24, 2.45) is 0 Å². The lowest BCUT2D eigenvalue weighted by Crippen LogP contribution is -2.45. The van der Waals surface area contributed by atoms with E-state index in [0.717, 1.165) is 12.8 Å². The number of amides is 2. The van der Waals surface area contributed by atoms with Gasteiger partial charge in [0.25, 0.3) is 0 Å². The first-order valence-corrected chi connectivity index (χ1v) is 8.58. The standard InChI is InChI=1S/C17H22N4O5/c1-17(2,3)26-16(23)20-11-4-5-13(20)10-19(15(22)8-11)12-6-7-14(18-9-12)21(24)25/h6-7,9,11,13H,4-5,8,10H2,1-3H3/t11-,13+/m0/s1. The molecule has 0 unspecified atom stereocenters. The van der Waals surface area contributed by atoms with Gasteiger partial charge in [-0.3, -0.25) is 9.69 Å². The van der Waals surface area contributed by atoms with Crippen LogP contribution in [0.1, 0.15) is 40.0 Å². The Hall–Kier alpha value is -2.71. The summed E-state index contributed by atoms with van der Waals surface area (Å²) in [6.07, 6.45) is 2.68. The molecule has 9 nitrogen and oxygen atoms in total. The summed E-state index contributed by atoms with van der Waals surface area (Å²) in [5.41, 5.74) is -0.105. The van der Waals surface area contributed by atoms with Crippen LogP contribution in [0.3, 0.4) is 0 Å². The molecule has 0 radical (unpaired) electrons. The minimum Gasteiger partial charge on any atom is -0.444 e. The maximum atomic E-state index is 12.7. The van der Waals surface area contributed by atoms with Crippen molar-refractivity contribution >= 4 is 23.5 Å². The lowest BCUT2D eigenvalue weighted by atomic mass is 10.1. The SMILES string of the molecule is CC(C)(C)OC(=O)N1[C@@H]2CC[C@H]1CC(=O)N(c1ccc([N+](=O)[O-])nc1)C2. The van der Waals surface area contributed by atoms with Gasteiger partial charge in [-0.15, -0.1) is 0 Å². The number of fused-ring (bicyclic) bond motifs is 2. The van der Waals surface area contributed by atoms with Gasteiger partial charge in [-0.05, 0) is 49.6 Å². The summed E-state index contributed by atoms with van der Waals surface area (Å²) < 4.78 is 5.50. The summed E-state index contributed by atoms with van der Waals surface area (Å²) in [7, 11) is 0. The van der Waals surface area contributed by atoms with E-state index in [1.165, 1.54) is 18.3 Å². The Morgan fingerprint density at radius 1 is 1.31 bits per heavy atom. The van der Waals surface area contributed by atoms with Gasteiger partial charge in [-0.1, -0.05) is 0 Å². The van der Waals surface area contributed by atoms with Gasteiger partial charge in [0.2, 0.25) is 5.91 Å². The minimum absolute atomic E-state index is 0.124. The van der Waals surface area contributed by atoms with E-state index in [2.05, 4.69) is 4.98 Å². The smallest absolute Gasteiger partial charge is 0.410 e. The molecule has 2 saturated heterocycles. The number of hydrogen-bond donors (Lipinski definition) is 0. The number of pyridine rings is 1. The highest BCUT2D eigenvalue weighted by Gasteiger charge is 2.44. The van der Waals surface area contributed by atoms with Crippen molar-refractivity contribution in [2.45, 2.75) is 57.7 Å². The molecule has 3 rings (SSSR count). The second-order valence-electron chi connectivity index (χ2n) is 7.61. The Bertz CT molecular complexity index is 728. The average molecular weight is 362 g/mol. The molecule has 0 aliphatic carbocycles. The highest BCUT2D eigenvalue weighted by molar-refractivity contribution is 5.94. The zero-order chi connectivity index (χ0) is 19.1. The number of rotatable bonds is 2. The third-order valence-corrected chi connectivity index (χ3v) is 4.56. The first kappa shape index (κ1) is 18.1. The van der Waals surface area contributed by atoms with E-state index in [-0.39, 0.29) is 30.2 Å². The van der Waals surface area contributed by atoms with Crippen LogP contribution in [-0.2, 0) is 9.53 Å². The van der Waals surface area contributed by atoms with Crippen molar-refractivity contribution in [1.29, 1.82) is 0 Å². The third kappa shape index (κ3) is 3.61. The number of anilines is 1. The van der Waals surface area contributed by atoms with E-state index in [0.29, 0.717) is 12.2 Å². The fraction of sp³-hybridized carbons (Fsp3) is 0.588. The molecule has 0 spiro atoms. The third-order valence-electron chi connectivity index (χ3n) is 4.56. The number of ether oxygens (including phenoxy) is 1. The average Bonchev–Trinajstić information content (AvgIpc) is 2.85. The number of aromatic nitrogens is 1. The van der Waals surface area contributed by atoms with Crippen LogP contribution in [0.2, 0.25) is 0 Å². The summed E-state index contributed by atoms with van der Waals surface area (Å²) in [5.74, 6) is -0.394. The first-order valence-electron chi connectivity index (χ1n) is 8.58. The molecule has 9 heteroatoms. The van der Waals surface area contributed by atoms with Crippen LogP contribution >= 0.6 is 0 Å². The van der Waals surface area contributed by atoms with Crippen LogP contribution in [0.15, 0.2) is 18.3 Å². The highest BCUT2D eigenvalue weighted by atomic mass is 16.6. The minimum atomic E-state index is -0.602. The molecule has 26 heavy (non-hydrogen) atoms. The summed E-state index contributed by atoms with van der Waals surface area (Å²) in [6, 6.07) is 2.46. The predicted molar refractivity (Wildman–Crippen MR) is 92.7 cm³/mol. The number of nitro groups is 1. The fourth-order valence-corrected chi connectivity index (χ4v) is 3.47. The first-order chi connectivity index (χ1) is 12.2. The highest BCUT2D eigenvalue weighted by Crippen LogP contribution is 2.34. The monoisotopic (exact) mass is 362 g/mol. The van der Waals surface area contributed by atoms with Crippen LogP contribution in [-0.4, -0.2) is 51.0 Å². The predicted octanol–water partition coefficient (Wildman–Crippen LogP) is 2.49. The van der Waals surface area contributed by atoms with Crippen molar-refractivity contribution in [3.63, 3.8) is 0 Å². The van der Waals surface area contributed by atoms with Crippen LogP contribution in [0.4, 0.5) is 16.3 Å². The van der Waals surface area contributed by atoms with Gasteiger partial charge in [-0.25, -0.2) is 4.79 Å². The van der Waals surface area contributed by atoms with Crippen LogP contribution < -0.4 is 4.90 Å². The summed E-state index contributed by atoms with van der Waals surface area (Å²) >= 11 is 0. The number of carbonyl (C=O) groups is 2. The Labute approximate surface area is 151 Å².